The molecule has 0 aliphatic heterocycles. The van der Waals surface area contributed by atoms with Crippen LogP contribution in [0.3, 0.4) is 0 Å². The molecular weight excluding hydrogens is 321 g/mol. The molecule has 126 valence electrons. The summed E-state index contributed by atoms with van der Waals surface area (Å²) in [6, 6.07) is 2.18. The summed E-state index contributed by atoms with van der Waals surface area (Å²) in [6.07, 6.45) is -3.33. The number of carbonyl (C=O) groups excluding carboxylic acids is 1. The fourth-order valence-electron chi connectivity index (χ4n) is 1.75. The van der Waals surface area contributed by atoms with Gasteiger partial charge in [-0.3, -0.25) is 4.79 Å². The number of anilines is 1. The molecule has 1 amide bonds. The largest absolute Gasteiger partial charge is 0.492 e. The smallest absolute Gasteiger partial charge is 0.416 e. The van der Waals surface area contributed by atoms with Crippen molar-refractivity contribution in [2.45, 2.75) is 38.9 Å². The number of rotatable bonds is 6. The molecular formula is C14H20ClF3N2O2. The Hall–Kier alpha value is -1.47. The van der Waals surface area contributed by atoms with Crippen LogP contribution in [0.5, 0.6) is 5.75 Å². The average Bonchev–Trinajstić information content (AvgIpc) is 2.40. The van der Waals surface area contributed by atoms with Gasteiger partial charge in [0.2, 0.25) is 5.91 Å². The van der Waals surface area contributed by atoms with E-state index in [1.54, 1.807) is 6.92 Å². The van der Waals surface area contributed by atoms with E-state index in [4.69, 9.17) is 10.5 Å². The summed E-state index contributed by atoms with van der Waals surface area (Å²) in [5, 5.41) is 2.40. The quantitative estimate of drug-likeness (QED) is 0.831. The van der Waals surface area contributed by atoms with Crippen LogP contribution in [0.4, 0.5) is 18.9 Å². The molecule has 4 nitrogen and oxygen atoms in total. The maximum Gasteiger partial charge on any atom is 0.416 e. The van der Waals surface area contributed by atoms with Crippen molar-refractivity contribution in [1.29, 1.82) is 0 Å². The van der Waals surface area contributed by atoms with E-state index in [0.29, 0.717) is 12.8 Å². The molecule has 0 spiro atoms. The number of alkyl halides is 3. The fraction of sp³-hybridized carbons (Fsp3) is 0.500. The Bertz CT molecular complexity index is 495. The monoisotopic (exact) mass is 340 g/mol. The first-order valence-electron chi connectivity index (χ1n) is 6.70. The average molecular weight is 341 g/mol. The van der Waals surface area contributed by atoms with Gasteiger partial charge in [0.25, 0.3) is 0 Å². The SMILES string of the molecule is CCCC(N)C(=O)Nc1cc(C(F)(F)F)ccc1OCC.Cl. The van der Waals surface area contributed by atoms with Crippen molar-refractivity contribution < 1.29 is 22.7 Å². The van der Waals surface area contributed by atoms with Crippen LogP contribution in [-0.4, -0.2) is 18.6 Å². The van der Waals surface area contributed by atoms with Crippen molar-refractivity contribution in [3.63, 3.8) is 0 Å². The molecule has 1 unspecified atom stereocenters. The van der Waals surface area contributed by atoms with Gasteiger partial charge in [-0.2, -0.15) is 13.2 Å². The second-order valence-corrected chi connectivity index (χ2v) is 4.53. The molecule has 3 N–H and O–H groups in total. The van der Waals surface area contributed by atoms with Crippen LogP contribution in [0.2, 0.25) is 0 Å². The van der Waals surface area contributed by atoms with Crippen LogP contribution >= 0.6 is 12.4 Å². The Kier molecular flexibility index (Phi) is 8.26. The molecule has 0 saturated heterocycles. The maximum absolute atomic E-state index is 12.7. The topological polar surface area (TPSA) is 64.4 Å². The number of nitrogens with one attached hydrogen (secondary N) is 1. The molecule has 0 heterocycles. The molecule has 1 aromatic carbocycles. The first-order chi connectivity index (χ1) is 9.79. The summed E-state index contributed by atoms with van der Waals surface area (Å²) in [4.78, 5) is 11.8. The second-order valence-electron chi connectivity index (χ2n) is 4.53. The minimum Gasteiger partial charge on any atom is -0.492 e. The van der Waals surface area contributed by atoms with Gasteiger partial charge < -0.3 is 15.8 Å². The summed E-state index contributed by atoms with van der Waals surface area (Å²) in [7, 11) is 0. The van der Waals surface area contributed by atoms with Gasteiger partial charge in [0.15, 0.2) is 0 Å². The first kappa shape index (κ1) is 20.5. The van der Waals surface area contributed by atoms with Crippen molar-refractivity contribution in [3.05, 3.63) is 23.8 Å². The molecule has 0 radical (unpaired) electrons. The molecule has 0 aliphatic carbocycles. The van der Waals surface area contributed by atoms with Gasteiger partial charge in [-0.15, -0.1) is 12.4 Å². The maximum atomic E-state index is 12.7. The van der Waals surface area contributed by atoms with Crippen molar-refractivity contribution in [3.8, 4) is 5.75 Å². The molecule has 1 rings (SSSR count). The highest BCUT2D eigenvalue weighted by Gasteiger charge is 2.31. The predicted octanol–water partition coefficient (Wildman–Crippen LogP) is 3.59. The van der Waals surface area contributed by atoms with Gasteiger partial charge in [0, 0.05) is 0 Å². The van der Waals surface area contributed by atoms with E-state index < -0.39 is 23.7 Å². The Morgan fingerprint density at radius 3 is 2.50 bits per heavy atom. The zero-order valence-electron chi connectivity index (χ0n) is 12.4. The number of nitrogens with two attached hydrogens (primary N) is 1. The number of benzene rings is 1. The third-order valence-electron chi connectivity index (χ3n) is 2.80. The van der Waals surface area contributed by atoms with E-state index in [-0.39, 0.29) is 30.5 Å². The lowest BCUT2D eigenvalue weighted by molar-refractivity contribution is -0.137. The van der Waals surface area contributed by atoms with Crippen LogP contribution in [0, 0.1) is 0 Å². The third kappa shape index (κ3) is 5.73. The molecule has 22 heavy (non-hydrogen) atoms. The summed E-state index contributed by atoms with van der Waals surface area (Å²) in [6.45, 7) is 3.84. The molecule has 0 aromatic heterocycles. The summed E-state index contributed by atoms with van der Waals surface area (Å²) < 4.78 is 43.4. The lowest BCUT2D eigenvalue weighted by atomic mass is 10.1. The van der Waals surface area contributed by atoms with Crippen LogP contribution in [-0.2, 0) is 11.0 Å². The second kappa shape index (κ2) is 8.85. The van der Waals surface area contributed by atoms with Gasteiger partial charge in [0.1, 0.15) is 5.75 Å². The molecule has 0 saturated carbocycles. The number of hydrogen-bond donors (Lipinski definition) is 2. The predicted molar refractivity (Wildman–Crippen MR) is 81.4 cm³/mol. The zero-order chi connectivity index (χ0) is 16.0. The molecule has 1 atom stereocenters. The summed E-state index contributed by atoms with van der Waals surface area (Å²) in [5.74, 6) is -0.348. The van der Waals surface area contributed by atoms with Gasteiger partial charge in [0.05, 0.1) is 23.9 Å². The Morgan fingerprint density at radius 1 is 1.36 bits per heavy atom. The number of ether oxygens (including phenoxy) is 1. The van der Waals surface area contributed by atoms with Crippen LogP contribution in [0.15, 0.2) is 18.2 Å². The molecule has 0 aliphatic rings. The van der Waals surface area contributed by atoms with Crippen LogP contribution in [0.25, 0.3) is 0 Å². The molecule has 0 fully saturated rings. The highest BCUT2D eigenvalue weighted by Crippen LogP contribution is 2.35. The first-order valence-corrected chi connectivity index (χ1v) is 6.70. The Balaban J connectivity index is 0.00000441. The summed E-state index contributed by atoms with van der Waals surface area (Å²) in [5.41, 5.74) is 4.77. The van der Waals surface area contributed by atoms with E-state index in [2.05, 4.69) is 5.32 Å². The Labute approximate surface area is 133 Å². The van der Waals surface area contributed by atoms with E-state index in [9.17, 15) is 18.0 Å². The number of carbonyl (C=O) groups is 1. The number of hydrogen-bond acceptors (Lipinski definition) is 3. The van der Waals surface area contributed by atoms with E-state index in [0.717, 1.165) is 12.1 Å². The minimum atomic E-state index is -4.49. The van der Waals surface area contributed by atoms with Crippen molar-refractivity contribution in [1.82, 2.24) is 0 Å². The van der Waals surface area contributed by atoms with Gasteiger partial charge in [-0.05, 0) is 31.5 Å². The lowest BCUT2D eigenvalue weighted by Crippen LogP contribution is -2.35. The standard InChI is InChI=1S/C14H19F3N2O2.ClH/c1-3-5-10(18)13(20)19-11-8-9(14(15,16)17)6-7-12(11)21-4-2;/h6-8,10H,3-5,18H2,1-2H3,(H,19,20);1H. The van der Waals surface area contributed by atoms with E-state index in [1.165, 1.54) is 6.07 Å². The molecule has 0 bridgehead atoms. The third-order valence-corrected chi connectivity index (χ3v) is 2.80. The van der Waals surface area contributed by atoms with Crippen molar-refractivity contribution >= 4 is 24.0 Å². The molecule has 8 heteroatoms. The highest BCUT2D eigenvalue weighted by molar-refractivity contribution is 5.96. The summed E-state index contributed by atoms with van der Waals surface area (Å²) >= 11 is 0. The minimum absolute atomic E-state index is 0. The lowest BCUT2D eigenvalue weighted by Gasteiger charge is -2.16. The van der Waals surface area contributed by atoms with Crippen LogP contribution in [0.1, 0.15) is 32.3 Å². The van der Waals surface area contributed by atoms with Crippen molar-refractivity contribution in [2.75, 3.05) is 11.9 Å². The molecule has 1 aromatic rings. The van der Waals surface area contributed by atoms with Crippen molar-refractivity contribution in [2.24, 2.45) is 5.73 Å². The van der Waals surface area contributed by atoms with E-state index >= 15 is 0 Å². The van der Waals surface area contributed by atoms with Gasteiger partial charge in [-0.1, -0.05) is 13.3 Å². The normalized spacial score (nSPS) is 12.3. The number of amides is 1. The van der Waals surface area contributed by atoms with Gasteiger partial charge >= 0.3 is 6.18 Å². The zero-order valence-corrected chi connectivity index (χ0v) is 13.2. The Morgan fingerprint density at radius 2 is 2.00 bits per heavy atom. The van der Waals surface area contributed by atoms with E-state index in [1.807, 2.05) is 6.92 Å². The fourth-order valence-corrected chi connectivity index (χ4v) is 1.75. The van der Waals surface area contributed by atoms with Gasteiger partial charge in [-0.25, -0.2) is 0 Å². The number of halogens is 4. The van der Waals surface area contributed by atoms with Crippen LogP contribution < -0.4 is 15.8 Å². The highest BCUT2D eigenvalue weighted by atomic mass is 35.5.